The number of nitrogen functional groups attached to an aromatic ring is 1. The fraction of sp³-hybridized carbons (Fsp3) is 0.364. The Morgan fingerprint density at radius 1 is 1.39 bits per heavy atom. The molecule has 7 heteroatoms. The van der Waals surface area contributed by atoms with Gasteiger partial charge in [0, 0.05) is 16.6 Å². The fourth-order valence-corrected chi connectivity index (χ4v) is 1.44. The number of esters is 1. The number of carbonyl (C=O) groups excluding carboxylic acids is 1. The Morgan fingerprint density at radius 3 is 2.61 bits per heavy atom. The van der Waals surface area contributed by atoms with Gasteiger partial charge in [0.2, 0.25) is 0 Å². The lowest BCUT2D eigenvalue weighted by Gasteiger charge is -2.07. The Kier molecular flexibility index (Phi) is 5.01. The smallest absolute Gasteiger partial charge is 0.389 e. The highest BCUT2D eigenvalue weighted by Gasteiger charge is 2.26. The van der Waals surface area contributed by atoms with Crippen LogP contribution in [0.4, 0.5) is 18.9 Å². The number of ether oxygens (including phenoxy) is 1. The molecule has 0 spiro atoms. The summed E-state index contributed by atoms with van der Waals surface area (Å²) in [7, 11) is 0. The van der Waals surface area contributed by atoms with E-state index in [1.807, 2.05) is 0 Å². The third-order valence-corrected chi connectivity index (χ3v) is 2.79. The van der Waals surface area contributed by atoms with Crippen LogP contribution in [-0.2, 0) is 4.74 Å². The summed E-state index contributed by atoms with van der Waals surface area (Å²) in [6.07, 6.45) is -5.45. The van der Waals surface area contributed by atoms with Gasteiger partial charge in [-0.3, -0.25) is 0 Å². The zero-order valence-corrected chi connectivity index (χ0v) is 10.8. The molecule has 2 N–H and O–H groups in total. The van der Waals surface area contributed by atoms with Crippen molar-refractivity contribution in [1.82, 2.24) is 0 Å². The topological polar surface area (TPSA) is 52.3 Å². The summed E-state index contributed by atoms with van der Waals surface area (Å²) >= 11 is 3.16. The standard InChI is InChI=1S/C11H11BrF3NO2/c12-8-3-2-7(6-9(8)16)10(17)18-5-1-4-11(13,14)15/h2-3,6H,1,4-5,16H2. The average molecular weight is 326 g/mol. The van der Waals surface area contributed by atoms with Gasteiger partial charge < -0.3 is 10.5 Å². The molecule has 0 bridgehead atoms. The first-order chi connectivity index (χ1) is 8.29. The average Bonchev–Trinajstić information content (AvgIpc) is 2.26. The van der Waals surface area contributed by atoms with E-state index in [1.54, 1.807) is 6.07 Å². The minimum atomic E-state index is -4.23. The maximum absolute atomic E-state index is 11.8. The van der Waals surface area contributed by atoms with Gasteiger partial charge in [-0.1, -0.05) is 0 Å². The summed E-state index contributed by atoms with van der Waals surface area (Å²) in [5.74, 6) is -0.684. The minimum Gasteiger partial charge on any atom is -0.462 e. The maximum atomic E-state index is 11.8. The fourth-order valence-electron chi connectivity index (χ4n) is 1.19. The van der Waals surface area contributed by atoms with E-state index in [1.165, 1.54) is 12.1 Å². The number of hydrogen-bond acceptors (Lipinski definition) is 3. The van der Waals surface area contributed by atoms with Crippen molar-refractivity contribution >= 4 is 27.6 Å². The van der Waals surface area contributed by atoms with Crippen molar-refractivity contribution in [3.8, 4) is 0 Å². The van der Waals surface area contributed by atoms with Crippen LogP contribution in [0.1, 0.15) is 23.2 Å². The van der Waals surface area contributed by atoms with Gasteiger partial charge in [-0.2, -0.15) is 13.2 Å². The molecule has 1 aromatic rings. The molecule has 3 nitrogen and oxygen atoms in total. The number of nitrogens with two attached hydrogens (primary N) is 1. The lowest BCUT2D eigenvalue weighted by molar-refractivity contribution is -0.137. The molecule has 0 saturated carbocycles. The second-order valence-corrected chi connectivity index (χ2v) is 4.45. The third kappa shape index (κ3) is 4.95. The van der Waals surface area contributed by atoms with Crippen LogP contribution >= 0.6 is 15.9 Å². The van der Waals surface area contributed by atoms with Gasteiger partial charge in [0.05, 0.1) is 12.2 Å². The van der Waals surface area contributed by atoms with Gasteiger partial charge in [-0.15, -0.1) is 0 Å². The lowest BCUT2D eigenvalue weighted by atomic mass is 10.2. The van der Waals surface area contributed by atoms with Crippen molar-refractivity contribution in [3.63, 3.8) is 0 Å². The van der Waals surface area contributed by atoms with Crippen LogP contribution in [0.3, 0.4) is 0 Å². The summed E-state index contributed by atoms with van der Waals surface area (Å²) in [4.78, 5) is 11.5. The van der Waals surface area contributed by atoms with Crippen LogP contribution < -0.4 is 5.73 Å². The predicted octanol–water partition coefficient (Wildman–Crippen LogP) is 3.53. The zero-order valence-electron chi connectivity index (χ0n) is 9.26. The van der Waals surface area contributed by atoms with Gasteiger partial charge in [0.15, 0.2) is 0 Å². The molecule has 0 aliphatic rings. The monoisotopic (exact) mass is 325 g/mol. The molecule has 0 unspecified atom stereocenters. The molecule has 0 aromatic heterocycles. The molecule has 0 fully saturated rings. The van der Waals surface area contributed by atoms with Crippen molar-refractivity contribution in [2.75, 3.05) is 12.3 Å². The van der Waals surface area contributed by atoms with Crippen LogP contribution in [0.15, 0.2) is 22.7 Å². The van der Waals surface area contributed by atoms with Crippen LogP contribution in [0.5, 0.6) is 0 Å². The Labute approximate surface area is 110 Å². The van der Waals surface area contributed by atoms with Crippen molar-refractivity contribution in [1.29, 1.82) is 0 Å². The summed E-state index contributed by atoms with van der Waals surface area (Å²) in [5.41, 5.74) is 6.14. The molecule has 1 rings (SSSR count). The summed E-state index contributed by atoms with van der Waals surface area (Å²) in [6.45, 7) is -0.270. The van der Waals surface area contributed by atoms with E-state index in [9.17, 15) is 18.0 Å². The Morgan fingerprint density at radius 2 is 2.06 bits per heavy atom. The third-order valence-electron chi connectivity index (χ3n) is 2.07. The number of halogens is 4. The highest BCUT2D eigenvalue weighted by Crippen LogP contribution is 2.22. The number of hydrogen-bond donors (Lipinski definition) is 1. The second-order valence-electron chi connectivity index (χ2n) is 3.59. The van der Waals surface area contributed by atoms with Crippen molar-refractivity contribution in [3.05, 3.63) is 28.2 Å². The Hall–Kier alpha value is -1.24. The van der Waals surface area contributed by atoms with Gasteiger partial charge in [-0.05, 0) is 40.5 Å². The zero-order chi connectivity index (χ0) is 13.8. The molecule has 18 heavy (non-hydrogen) atoms. The SMILES string of the molecule is Nc1cc(C(=O)OCCCC(F)(F)F)ccc1Br. The highest BCUT2D eigenvalue weighted by molar-refractivity contribution is 9.10. The van der Waals surface area contributed by atoms with Gasteiger partial charge in [-0.25, -0.2) is 4.79 Å². The minimum absolute atomic E-state index is 0.211. The first-order valence-electron chi connectivity index (χ1n) is 5.08. The first-order valence-corrected chi connectivity index (χ1v) is 5.88. The molecule has 0 heterocycles. The van der Waals surface area contributed by atoms with Crippen molar-refractivity contribution in [2.24, 2.45) is 0 Å². The molecule has 0 saturated heterocycles. The number of alkyl halides is 3. The lowest BCUT2D eigenvalue weighted by Crippen LogP contribution is -2.11. The Bertz CT molecular complexity index is 435. The first kappa shape index (κ1) is 14.8. The molecule has 1 aromatic carbocycles. The van der Waals surface area contributed by atoms with E-state index in [4.69, 9.17) is 10.5 Å². The predicted molar refractivity (Wildman–Crippen MR) is 64.1 cm³/mol. The molecule has 0 amide bonds. The maximum Gasteiger partial charge on any atom is 0.389 e. The molecule has 100 valence electrons. The van der Waals surface area contributed by atoms with E-state index < -0.39 is 18.6 Å². The Balaban J connectivity index is 2.43. The summed E-state index contributed by atoms with van der Waals surface area (Å²) < 4.78 is 40.9. The van der Waals surface area contributed by atoms with E-state index >= 15 is 0 Å². The summed E-state index contributed by atoms with van der Waals surface area (Å²) in [5, 5.41) is 0. The molecular weight excluding hydrogens is 315 g/mol. The van der Waals surface area contributed by atoms with Crippen molar-refractivity contribution in [2.45, 2.75) is 19.0 Å². The van der Waals surface area contributed by atoms with Crippen LogP contribution in [0.2, 0.25) is 0 Å². The van der Waals surface area contributed by atoms with E-state index in [2.05, 4.69) is 15.9 Å². The number of benzene rings is 1. The van der Waals surface area contributed by atoms with Crippen molar-refractivity contribution < 1.29 is 22.7 Å². The molecule has 0 radical (unpaired) electrons. The van der Waals surface area contributed by atoms with Gasteiger partial charge in [0.1, 0.15) is 0 Å². The number of rotatable bonds is 4. The summed E-state index contributed by atoms with van der Waals surface area (Å²) in [6, 6.07) is 4.45. The van der Waals surface area contributed by atoms with Gasteiger partial charge >= 0.3 is 12.1 Å². The van der Waals surface area contributed by atoms with E-state index in [0.29, 0.717) is 10.2 Å². The van der Waals surface area contributed by atoms with E-state index in [0.717, 1.165) is 0 Å². The number of carbonyl (C=O) groups is 1. The van der Waals surface area contributed by atoms with E-state index in [-0.39, 0.29) is 18.6 Å². The molecular formula is C11H11BrF3NO2. The molecule has 0 aliphatic heterocycles. The van der Waals surface area contributed by atoms with Gasteiger partial charge in [0.25, 0.3) is 0 Å². The molecule has 0 atom stereocenters. The van der Waals surface area contributed by atoms with Crippen LogP contribution in [0, 0.1) is 0 Å². The quantitative estimate of drug-likeness (QED) is 0.523. The van der Waals surface area contributed by atoms with Crippen LogP contribution in [-0.4, -0.2) is 18.8 Å². The van der Waals surface area contributed by atoms with Crippen LogP contribution in [0.25, 0.3) is 0 Å². The molecule has 0 aliphatic carbocycles. The second kappa shape index (κ2) is 6.08. The highest BCUT2D eigenvalue weighted by atomic mass is 79.9. The number of anilines is 1. The largest absolute Gasteiger partial charge is 0.462 e. The normalized spacial score (nSPS) is 11.3.